The van der Waals surface area contributed by atoms with Crippen molar-refractivity contribution in [1.29, 1.82) is 5.41 Å². The van der Waals surface area contributed by atoms with E-state index in [1.807, 2.05) is 12.3 Å². The minimum absolute atomic E-state index is 0.537. The van der Waals surface area contributed by atoms with Gasteiger partial charge in [0.05, 0.1) is 29.3 Å². The zero-order valence-electron chi connectivity index (χ0n) is 14.2. The number of anilines is 1. The van der Waals surface area contributed by atoms with Crippen LogP contribution in [0.4, 0.5) is 5.69 Å². The number of nitrogens with two attached hydrogens (primary N) is 1. The summed E-state index contributed by atoms with van der Waals surface area (Å²) in [5, 5.41) is 16.9. The highest BCUT2D eigenvalue weighted by Gasteiger charge is 2.22. The van der Waals surface area contributed by atoms with Crippen LogP contribution in [0.15, 0.2) is 30.6 Å². The van der Waals surface area contributed by atoms with Crippen molar-refractivity contribution >= 4 is 33.8 Å². The number of nitrogens with zero attached hydrogens (tertiary/aromatic N) is 3. The number of hydrogen-bond donors (Lipinski definition) is 3. The maximum absolute atomic E-state index is 7.80. The Hall–Kier alpha value is -3.28. The largest absolute Gasteiger partial charge is 0.397 e. The first-order chi connectivity index (χ1) is 12.8. The van der Waals surface area contributed by atoms with Crippen LogP contribution >= 0.6 is 0 Å². The molecule has 0 saturated heterocycles. The summed E-state index contributed by atoms with van der Waals surface area (Å²) >= 11 is 0. The molecule has 5 rings (SSSR count). The van der Waals surface area contributed by atoms with Crippen molar-refractivity contribution in [3.63, 3.8) is 0 Å². The number of fused-ring (bicyclic) bond motifs is 4. The minimum Gasteiger partial charge on any atom is -0.397 e. The van der Waals surface area contributed by atoms with Crippen molar-refractivity contribution < 1.29 is 0 Å². The second-order valence-corrected chi connectivity index (χ2v) is 6.77. The number of pyridine rings is 2. The molecule has 4 N–H and O–H groups in total. The van der Waals surface area contributed by atoms with E-state index in [9.17, 15) is 0 Å². The van der Waals surface area contributed by atoms with Crippen molar-refractivity contribution in [3.05, 3.63) is 47.3 Å². The standard InChI is InChI=1S/C20H18N6/c21-8-15-16(22)10-23-20-18(15)13-3-1-2-4-14(13)19(25-20)11-5-6-17-12(7-11)9-24-26-17/h5-10,21H,1-4,22H2,(H,24,26). The Morgan fingerprint density at radius 3 is 2.81 bits per heavy atom. The fourth-order valence-corrected chi connectivity index (χ4v) is 4.01. The Kier molecular flexibility index (Phi) is 3.25. The Labute approximate surface area is 150 Å². The zero-order chi connectivity index (χ0) is 17.7. The molecule has 1 aliphatic carbocycles. The second kappa shape index (κ2) is 5.62. The molecule has 0 fully saturated rings. The van der Waals surface area contributed by atoms with Crippen LogP contribution < -0.4 is 5.73 Å². The molecule has 0 atom stereocenters. The summed E-state index contributed by atoms with van der Waals surface area (Å²) in [6, 6.07) is 6.24. The number of hydrogen-bond acceptors (Lipinski definition) is 5. The number of rotatable bonds is 2. The van der Waals surface area contributed by atoms with Gasteiger partial charge in [-0.3, -0.25) is 5.10 Å². The number of benzene rings is 1. The lowest BCUT2D eigenvalue weighted by Gasteiger charge is -2.22. The van der Waals surface area contributed by atoms with Gasteiger partial charge in [0.25, 0.3) is 0 Å². The Morgan fingerprint density at radius 2 is 1.96 bits per heavy atom. The first-order valence-electron chi connectivity index (χ1n) is 8.80. The quantitative estimate of drug-likeness (QED) is 0.484. The normalized spacial score (nSPS) is 13.8. The zero-order valence-corrected chi connectivity index (χ0v) is 14.2. The van der Waals surface area contributed by atoms with Crippen LogP contribution in [0.5, 0.6) is 0 Å². The molecule has 1 aromatic carbocycles. The molecule has 0 radical (unpaired) electrons. The van der Waals surface area contributed by atoms with E-state index < -0.39 is 0 Å². The van der Waals surface area contributed by atoms with Gasteiger partial charge in [-0.2, -0.15) is 5.10 Å². The van der Waals surface area contributed by atoms with E-state index in [0.29, 0.717) is 11.3 Å². The summed E-state index contributed by atoms with van der Waals surface area (Å²) in [7, 11) is 0. The van der Waals surface area contributed by atoms with Crippen molar-refractivity contribution in [3.8, 4) is 11.3 Å². The van der Waals surface area contributed by atoms with E-state index in [-0.39, 0.29) is 0 Å². The topological polar surface area (TPSA) is 104 Å². The molecule has 26 heavy (non-hydrogen) atoms. The summed E-state index contributed by atoms with van der Waals surface area (Å²) in [5.74, 6) is 0. The summed E-state index contributed by atoms with van der Waals surface area (Å²) in [5.41, 5.74) is 13.6. The summed E-state index contributed by atoms with van der Waals surface area (Å²) < 4.78 is 0. The van der Waals surface area contributed by atoms with Crippen LogP contribution in [0.3, 0.4) is 0 Å². The Balaban J connectivity index is 1.86. The lowest BCUT2D eigenvalue weighted by Crippen LogP contribution is -2.10. The number of aromatic nitrogens is 4. The van der Waals surface area contributed by atoms with Gasteiger partial charge in [-0.15, -0.1) is 0 Å². The molecule has 128 valence electrons. The summed E-state index contributed by atoms with van der Waals surface area (Å²) in [6.07, 6.45) is 9.01. The molecule has 0 unspecified atom stereocenters. The van der Waals surface area contributed by atoms with Crippen molar-refractivity contribution in [2.45, 2.75) is 25.7 Å². The van der Waals surface area contributed by atoms with Crippen LogP contribution in [0.1, 0.15) is 29.5 Å². The van der Waals surface area contributed by atoms with E-state index in [0.717, 1.165) is 58.8 Å². The third-order valence-electron chi connectivity index (χ3n) is 5.26. The Morgan fingerprint density at radius 1 is 1.12 bits per heavy atom. The van der Waals surface area contributed by atoms with Crippen molar-refractivity contribution in [1.82, 2.24) is 20.2 Å². The fourth-order valence-electron chi connectivity index (χ4n) is 4.01. The van der Waals surface area contributed by atoms with E-state index in [1.165, 1.54) is 17.3 Å². The van der Waals surface area contributed by atoms with Crippen LogP contribution in [0.2, 0.25) is 0 Å². The predicted molar refractivity (Wildman–Crippen MR) is 104 cm³/mol. The van der Waals surface area contributed by atoms with Crippen molar-refractivity contribution in [2.75, 3.05) is 5.73 Å². The van der Waals surface area contributed by atoms with Crippen LogP contribution in [0.25, 0.3) is 33.2 Å². The predicted octanol–water partition coefficient (Wildman–Crippen LogP) is 3.63. The molecule has 6 heteroatoms. The first kappa shape index (κ1) is 15.0. The minimum atomic E-state index is 0.537. The number of nitrogens with one attached hydrogen (secondary N) is 2. The highest BCUT2D eigenvalue weighted by molar-refractivity contribution is 6.04. The molecular weight excluding hydrogens is 324 g/mol. The van der Waals surface area contributed by atoms with Gasteiger partial charge < -0.3 is 11.1 Å². The number of aromatic amines is 1. The van der Waals surface area contributed by atoms with Crippen molar-refractivity contribution in [2.24, 2.45) is 0 Å². The molecule has 4 aromatic rings. The van der Waals surface area contributed by atoms with Gasteiger partial charge in [0, 0.05) is 28.1 Å². The highest BCUT2D eigenvalue weighted by atomic mass is 15.1. The molecule has 3 heterocycles. The van der Waals surface area contributed by atoms with Gasteiger partial charge >= 0.3 is 0 Å². The van der Waals surface area contributed by atoms with Gasteiger partial charge in [0.2, 0.25) is 0 Å². The van der Waals surface area contributed by atoms with Crippen LogP contribution in [0, 0.1) is 5.41 Å². The lowest BCUT2D eigenvalue weighted by atomic mass is 9.85. The molecule has 3 aromatic heterocycles. The first-order valence-corrected chi connectivity index (χ1v) is 8.80. The smallest absolute Gasteiger partial charge is 0.160 e. The lowest BCUT2D eigenvalue weighted by molar-refractivity contribution is 0.688. The average molecular weight is 342 g/mol. The maximum atomic E-state index is 7.80. The molecule has 0 spiro atoms. The highest BCUT2D eigenvalue weighted by Crippen LogP contribution is 2.37. The molecule has 0 bridgehead atoms. The molecule has 0 amide bonds. The maximum Gasteiger partial charge on any atom is 0.160 e. The van der Waals surface area contributed by atoms with Gasteiger partial charge in [-0.25, -0.2) is 9.97 Å². The molecule has 0 aliphatic heterocycles. The Bertz CT molecular complexity index is 1170. The van der Waals surface area contributed by atoms with E-state index >= 15 is 0 Å². The van der Waals surface area contributed by atoms with E-state index in [4.69, 9.17) is 16.1 Å². The molecular formula is C20H18N6. The number of nitrogen functional groups attached to an aromatic ring is 1. The van der Waals surface area contributed by atoms with Gasteiger partial charge in [0.1, 0.15) is 0 Å². The molecule has 6 nitrogen and oxygen atoms in total. The summed E-state index contributed by atoms with van der Waals surface area (Å²) in [4.78, 5) is 9.38. The van der Waals surface area contributed by atoms with Crippen LogP contribution in [-0.4, -0.2) is 26.4 Å². The second-order valence-electron chi connectivity index (χ2n) is 6.77. The third-order valence-corrected chi connectivity index (χ3v) is 5.26. The molecule has 0 saturated carbocycles. The molecule has 1 aliphatic rings. The van der Waals surface area contributed by atoms with E-state index in [1.54, 1.807) is 6.20 Å². The number of aryl methyl sites for hydroxylation is 1. The summed E-state index contributed by atoms with van der Waals surface area (Å²) in [6.45, 7) is 0. The van der Waals surface area contributed by atoms with Gasteiger partial charge in [-0.05, 0) is 48.9 Å². The van der Waals surface area contributed by atoms with Gasteiger partial charge in [-0.1, -0.05) is 6.07 Å². The fraction of sp³-hybridized carbons (Fsp3) is 0.200. The SMILES string of the molecule is N=Cc1c(N)cnc2nc(-c3ccc4[nH]ncc4c3)c3c(c12)CCCC3. The number of H-pyrrole nitrogens is 1. The monoisotopic (exact) mass is 342 g/mol. The van der Waals surface area contributed by atoms with Gasteiger partial charge in [0.15, 0.2) is 5.65 Å². The van der Waals surface area contributed by atoms with E-state index in [2.05, 4.69) is 27.3 Å². The van der Waals surface area contributed by atoms with Crippen LogP contribution in [-0.2, 0) is 12.8 Å². The average Bonchev–Trinajstić information content (AvgIpc) is 3.15. The third kappa shape index (κ3) is 2.12.